The van der Waals surface area contributed by atoms with Gasteiger partial charge < -0.3 is 4.90 Å². The number of piperidine rings is 1. The van der Waals surface area contributed by atoms with E-state index in [0.29, 0.717) is 6.04 Å². The lowest BCUT2D eigenvalue weighted by molar-refractivity contribution is 0.149. The first-order valence-corrected chi connectivity index (χ1v) is 8.97. The lowest BCUT2D eigenvalue weighted by atomic mass is 9.91. The molecular formula is C17H24N4S. The summed E-state index contributed by atoms with van der Waals surface area (Å²) in [7, 11) is 0. The van der Waals surface area contributed by atoms with Gasteiger partial charge in [-0.2, -0.15) is 0 Å². The molecule has 0 radical (unpaired) electrons. The highest BCUT2D eigenvalue weighted by atomic mass is 32.1. The fourth-order valence-electron chi connectivity index (χ4n) is 3.07. The molecule has 118 valence electrons. The fraction of sp³-hybridized carbons (Fsp3) is 0.588. The Hall–Kier alpha value is -1.33. The number of thiazole rings is 1. The largest absolute Gasteiger partial charge is 0.301 e. The molecule has 0 unspecified atom stereocenters. The Balaban J connectivity index is 1.64. The third-order valence-electron chi connectivity index (χ3n) is 4.44. The van der Waals surface area contributed by atoms with Gasteiger partial charge in [-0.05, 0) is 65.1 Å². The topological polar surface area (TPSA) is 41.9 Å². The summed E-state index contributed by atoms with van der Waals surface area (Å²) in [5.41, 5.74) is 3.17. The van der Waals surface area contributed by atoms with E-state index in [1.54, 1.807) is 17.7 Å². The second-order valence-corrected chi connectivity index (χ2v) is 7.32. The molecule has 4 nitrogen and oxygen atoms in total. The Labute approximate surface area is 136 Å². The molecule has 0 saturated carbocycles. The molecule has 2 aromatic rings. The summed E-state index contributed by atoms with van der Waals surface area (Å²) in [6.45, 7) is 9.02. The van der Waals surface area contributed by atoms with Crippen molar-refractivity contribution in [2.24, 2.45) is 5.92 Å². The van der Waals surface area contributed by atoms with E-state index in [2.05, 4.69) is 45.1 Å². The Morgan fingerprint density at radius 2 is 2.05 bits per heavy atom. The van der Waals surface area contributed by atoms with Gasteiger partial charge in [0.05, 0.1) is 0 Å². The smallest absolute Gasteiger partial charge is 0.142 e. The maximum Gasteiger partial charge on any atom is 0.142 e. The standard InChI is InChI=1S/C17H24N4S/c1-12(2)21-6-4-14(5-7-21)8-15-9-16(19-11-18-15)17-20-13(3)10-22-17/h9-12,14H,4-8H2,1-3H3. The molecule has 0 aromatic carbocycles. The Morgan fingerprint density at radius 3 is 2.68 bits per heavy atom. The zero-order valence-electron chi connectivity index (χ0n) is 13.6. The van der Waals surface area contributed by atoms with E-state index in [0.717, 1.165) is 34.4 Å². The molecule has 1 saturated heterocycles. The van der Waals surface area contributed by atoms with Gasteiger partial charge in [0.25, 0.3) is 0 Å². The van der Waals surface area contributed by atoms with Crippen LogP contribution in [0.5, 0.6) is 0 Å². The lowest BCUT2D eigenvalue weighted by Crippen LogP contribution is -2.38. The highest BCUT2D eigenvalue weighted by Gasteiger charge is 2.21. The number of rotatable bonds is 4. The van der Waals surface area contributed by atoms with Crippen molar-refractivity contribution in [3.8, 4) is 10.7 Å². The van der Waals surface area contributed by atoms with Crippen molar-refractivity contribution < 1.29 is 0 Å². The van der Waals surface area contributed by atoms with Crippen LogP contribution >= 0.6 is 11.3 Å². The van der Waals surface area contributed by atoms with E-state index in [1.807, 2.05) is 6.92 Å². The van der Waals surface area contributed by atoms with E-state index >= 15 is 0 Å². The summed E-state index contributed by atoms with van der Waals surface area (Å²) in [4.78, 5) is 15.9. The second kappa shape index (κ2) is 6.84. The number of hydrogen-bond donors (Lipinski definition) is 0. The SMILES string of the molecule is Cc1csc(-c2cc(CC3CCN(C(C)C)CC3)ncn2)n1. The van der Waals surface area contributed by atoms with Crippen LogP contribution in [0.3, 0.4) is 0 Å². The first kappa shape index (κ1) is 15.6. The van der Waals surface area contributed by atoms with E-state index < -0.39 is 0 Å². The van der Waals surface area contributed by atoms with Crippen molar-refractivity contribution in [2.75, 3.05) is 13.1 Å². The third kappa shape index (κ3) is 3.70. The van der Waals surface area contributed by atoms with E-state index in [4.69, 9.17) is 0 Å². The van der Waals surface area contributed by atoms with Gasteiger partial charge in [0.1, 0.15) is 17.0 Å². The average Bonchev–Trinajstić information content (AvgIpc) is 2.95. The van der Waals surface area contributed by atoms with Crippen molar-refractivity contribution in [1.82, 2.24) is 19.9 Å². The molecule has 0 amide bonds. The van der Waals surface area contributed by atoms with Gasteiger partial charge in [-0.15, -0.1) is 11.3 Å². The molecule has 22 heavy (non-hydrogen) atoms. The molecule has 1 aliphatic rings. The van der Waals surface area contributed by atoms with E-state index in [9.17, 15) is 0 Å². The van der Waals surface area contributed by atoms with Crippen molar-refractivity contribution in [1.29, 1.82) is 0 Å². The first-order chi connectivity index (χ1) is 10.6. The minimum atomic E-state index is 0.666. The molecule has 2 aromatic heterocycles. The van der Waals surface area contributed by atoms with Gasteiger partial charge in [-0.1, -0.05) is 0 Å². The minimum Gasteiger partial charge on any atom is -0.301 e. The van der Waals surface area contributed by atoms with Crippen molar-refractivity contribution in [3.63, 3.8) is 0 Å². The minimum absolute atomic E-state index is 0.666. The fourth-order valence-corrected chi connectivity index (χ4v) is 3.83. The Bertz CT molecular complexity index is 615. The predicted octanol–water partition coefficient (Wildman–Crippen LogP) is 3.57. The van der Waals surface area contributed by atoms with E-state index in [-0.39, 0.29) is 0 Å². The predicted molar refractivity (Wildman–Crippen MR) is 91.0 cm³/mol. The maximum absolute atomic E-state index is 4.52. The first-order valence-electron chi connectivity index (χ1n) is 8.09. The molecule has 0 bridgehead atoms. The van der Waals surface area contributed by atoms with Crippen LogP contribution in [0.25, 0.3) is 10.7 Å². The summed E-state index contributed by atoms with van der Waals surface area (Å²) in [5.74, 6) is 0.746. The van der Waals surface area contributed by atoms with Gasteiger partial charge in [-0.3, -0.25) is 0 Å². The number of aromatic nitrogens is 3. The van der Waals surface area contributed by atoms with E-state index in [1.165, 1.54) is 25.9 Å². The summed E-state index contributed by atoms with van der Waals surface area (Å²) in [5, 5.41) is 3.06. The summed E-state index contributed by atoms with van der Waals surface area (Å²) < 4.78 is 0. The third-order valence-corrected chi connectivity index (χ3v) is 5.42. The quantitative estimate of drug-likeness (QED) is 0.865. The molecule has 0 atom stereocenters. The molecule has 3 rings (SSSR count). The number of hydrogen-bond acceptors (Lipinski definition) is 5. The van der Waals surface area contributed by atoms with Gasteiger partial charge in [0, 0.05) is 22.8 Å². The molecule has 0 spiro atoms. The molecule has 5 heteroatoms. The molecule has 3 heterocycles. The van der Waals surface area contributed by atoms with Crippen LogP contribution in [-0.4, -0.2) is 39.0 Å². The lowest BCUT2D eigenvalue weighted by Gasteiger charge is -2.34. The van der Waals surface area contributed by atoms with Gasteiger partial charge in [0.15, 0.2) is 0 Å². The van der Waals surface area contributed by atoms with Crippen LogP contribution in [0, 0.1) is 12.8 Å². The summed E-state index contributed by atoms with van der Waals surface area (Å²) >= 11 is 1.65. The summed E-state index contributed by atoms with van der Waals surface area (Å²) in [6, 6.07) is 2.78. The van der Waals surface area contributed by atoms with Crippen LogP contribution in [0.15, 0.2) is 17.8 Å². The normalized spacial score (nSPS) is 17.3. The highest BCUT2D eigenvalue weighted by Crippen LogP contribution is 2.25. The maximum atomic E-state index is 4.52. The van der Waals surface area contributed by atoms with Crippen LogP contribution in [0.2, 0.25) is 0 Å². The molecular weight excluding hydrogens is 292 g/mol. The van der Waals surface area contributed by atoms with Crippen molar-refractivity contribution in [2.45, 2.75) is 46.1 Å². The number of likely N-dealkylation sites (tertiary alicyclic amines) is 1. The zero-order chi connectivity index (χ0) is 15.5. The van der Waals surface area contributed by atoms with Crippen molar-refractivity contribution >= 4 is 11.3 Å². The number of aryl methyl sites for hydroxylation is 1. The second-order valence-electron chi connectivity index (χ2n) is 6.47. The van der Waals surface area contributed by atoms with Gasteiger partial charge in [0.2, 0.25) is 0 Å². The number of nitrogens with zero attached hydrogens (tertiary/aromatic N) is 4. The van der Waals surface area contributed by atoms with Gasteiger partial charge >= 0.3 is 0 Å². The van der Waals surface area contributed by atoms with Crippen LogP contribution in [-0.2, 0) is 6.42 Å². The van der Waals surface area contributed by atoms with Crippen LogP contribution in [0.4, 0.5) is 0 Å². The Morgan fingerprint density at radius 1 is 1.27 bits per heavy atom. The average molecular weight is 316 g/mol. The van der Waals surface area contributed by atoms with Crippen LogP contribution in [0.1, 0.15) is 38.1 Å². The van der Waals surface area contributed by atoms with Crippen LogP contribution < -0.4 is 0 Å². The molecule has 1 aliphatic heterocycles. The molecule has 0 aliphatic carbocycles. The Kier molecular flexibility index (Phi) is 4.84. The zero-order valence-corrected chi connectivity index (χ0v) is 14.4. The van der Waals surface area contributed by atoms with Gasteiger partial charge in [-0.25, -0.2) is 15.0 Å². The summed E-state index contributed by atoms with van der Waals surface area (Å²) in [6.07, 6.45) is 5.29. The monoisotopic (exact) mass is 316 g/mol. The molecule has 1 fully saturated rings. The van der Waals surface area contributed by atoms with Crippen molar-refractivity contribution in [3.05, 3.63) is 29.2 Å². The molecule has 0 N–H and O–H groups in total. The highest BCUT2D eigenvalue weighted by molar-refractivity contribution is 7.13.